The number of likely N-dealkylation sites (N-methyl/N-ethyl adjacent to an activating group) is 1. The number of rotatable bonds is 6. The number of thioether (sulfide) groups is 1. The number of pyridine rings is 1. The summed E-state index contributed by atoms with van der Waals surface area (Å²) in [5.74, 6) is 0.409. The molecule has 0 aliphatic rings. The Hall–Kier alpha value is -1.56. The zero-order valence-corrected chi connectivity index (χ0v) is 15.0. The van der Waals surface area contributed by atoms with Gasteiger partial charge < -0.3 is 5.32 Å². The molecule has 122 valence electrons. The van der Waals surface area contributed by atoms with Crippen LogP contribution in [0.1, 0.15) is 12.5 Å². The first-order valence-electron chi connectivity index (χ1n) is 7.25. The van der Waals surface area contributed by atoms with Gasteiger partial charge in [-0.15, -0.1) is 11.8 Å². The highest BCUT2D eigenvalue weighted by Gasteiger charge is 2.18. The fraction of sp³-hybridized carbons (Fsp3) is 0.294. The maximum atomic E-state index is 12.3. The van der Waals surface area contributed by atoms with Crippen LogP contribution in [0.25, 0.3) is 0 Å². The number of aromatic nitrogens is 1. The number of carbonyl (C=O) groups is 1. The molecule has 23 heavy (non-hydrogen) atoms. The summed E-state index contributed by atoms with van der Waals surface area (Å²) in [7, 11) is 1.93. The van der Waals surface area contributed by atoms with Gasteiger partial charge in [0.15, 0.2) is 0 Å². The van der Waals surface area contributed by atoms with E-state index >= 15 is 0 Å². The van der Waals surface area contributed by atoms with Crippen LogP contribution in [0.3, 0.4) is 0 Å². The molecular weight excluding hydrogens is 330 g/mol. The van der Waals surface area contributed by atoms with Crippen molar-refractivity contribution in [3.8, 4) is 0 Å². The summed E-state index contributed by atoms with van der Waals surface area (Å²) in [4.78, 5) is 19.6. The second-order valence-corrected chi connectivity index (χ2v) is 6.61. The molecule has 1 unspecified atom stereocenters. The monoisotopic (exact) mass is 349 g/mol. The van der Waals surface area contributed by atoms with Crippen LogP contribution in [0.5, 0.6) is 0 Å². The number of hydrogen-bond acceptors (Lipinski definition) is 4. The molecule has 0 saturated carbocycles. The summed E-state index contributed by atoms with van der Waals surface area (Å²) in [6.07, 6.45) is 3.57. The summed E-state index contributed by atoms with van der Waals surface area (Å²) >= 11 is 7.50. The van der Waals surface area contributed by atoms with Crippen LogP contribution in [0.15, 0.2) is 47.5 Å². The molecule has 4 nitrogen and oxygen atoms in total. The van der Waals surface area contributed by atoms with Crippen molar-refractivity contribution in [1.29, 1.82) is 0 Å². The number of nitrogens with one attached hydrogen (secondary N) is 1. The molecule has 0 aliphatic carbocycles. The van der Waals surface area contributed by atoms with Crippen molar-refractivity contribution in [2.45, 2.75) is 24.4 Å². The highest BCUT2D eigenvalue weighted by molar-refractivity contribution is 7.98. The third-order valence-corrected chi connectivity index (χ3v) is 4.58. The molecule has 2 aromatic rings. The van der Waals surface area contributed by atoms with E-state index in [0.717, 1.165) is 0 Å². The lowest BCUT2D eigenvalue weighted by molar-refractivity contribution is -0.120. The van der Waals surface area contributed by atoms with Crippen LogP contribution in [-0.4, -0.2) is 35.1 Å². The van der Waals surface area contributed by atoms with Gasteiger partial charge in [-0.25, -0.2) is 4.98 Å². The Bertz CT molecular complexity index is 646. The van der Waals surface area contributed by atoms with E-state index in [0.29, 0.717) is 17.4 Å². The first-order chi connectivity index (χ1) is 11.0. The second kappa shape index (κ2) is 8.34. The van der Waals surface area contributed by atoms with E-state index in [9.17, 15) is 4.79 Å². The molecule has 0 radical (unpaired) electrons. The topological polar surface area (TPSA) is 45.2 Å². The first-order valence-corrected chi connectivity index (χ1v) is 8.85. The molecule has 2 rings (SSSR count). The first kappa shape index (κ1) is 17.8. The third kappa shape index (κ3) is 5.23. The Balaban J connectivity index is 1.93. The lowest BCUT2D eigenvalue weighted by Crippen LogP contribution is -2.39. The fourth-order valence-corrected chi connectivity index (χ4v) is 2.56. The number of amides is 1. The quantitative estimate of drug-likeness (QED) is 0.803. The maximum absolute atomic E-state index is 12.3. The predicted molar refractivity (Wildman–Crippen MR) is 97.0 cm³/mol. The second-order valence-electron chi connectivity index (χ2n) is 5.29. The van der Waals surface area contributed by atoms with Crippen molar-refractivity contribution in [3.05, 3.63) is 53.2 Å². The minimum absolute atomic E-state index is 0.0944. The minimum Gasteiger partial charge on any atom is -0.309 e. The van der Waals surface area contributed by atoms with Crippen molar-refractivity contribution in [3.63, 3.8) is 0 Å². The van der Waals surface area contributed by atoms with E-state index in [2.05, 4.69) is 40.8 Å². The molecule has 1 heterocycles. The van der Waals surface area contributed by atoms with E-state index in [-0.39, 0.29) is 11.9 Å². The van der Waals surface area contributed by atoms with Crippen LogP contribution >= 0.6 is 23.4 Å². The Morgan fingerprint density at radius 3 is 2.57 bits per heavy atom. The van der Waals surface area contributed by atoms with Crippen LogP contribution < -0.4 is 5.32 Å². The molecule has 1 atom stereocenters. The van der Waals surface area contributed by atoms with Gasteiger partial charge in [-0.1, -0.05) is 23.7 Å². The fourth-order valence-electron chi connectivity index (χ4n) is 2.04. The van der Waals surface area contributed by atoms with E-state index in [1.54, 1.807) is 23.9 Å². The average molecular weight is 350 g/mol. The predicted octanol–water partition coefficient (Wildman–Crippen LogP) is 3.92. The molecule has 0 spiro atoms. The molecule has 0 fully saturated rings. The average Bonchev–Trinajstić information content (AvgIpc) is 2.56. The number of hydrogen-bond donors (Lipinski definition) is 1. The zero-order chi connectivity index (χ0) is 16.8. The van der Waals surface area contributed by atoms with Gasteiger partial charge in [0.1, 0.15) is 5.82 Å². The van der Waals surface area contributed by atoms with Gasteiger partial charge in [0.2, 0.25) is 5.91 Å². The summed E-state index contributed by atoms with van der Waals surface area (Å²) in [5, 5.41) is 3.34. The number of benzene rings is 1. The molecule has 1 N–H and O–H groups in total. The molecular formula is C17H20ClN3OS. The van der Waals surface area contributed by atoms with Crippen LogP contribution in [-0.2, 0) is 11.3 Å². The number of anilines is 1. The molecule has 0 aliphatic heterocycles. The van der Waals surface area contributed by atoms with Crippen molar-refractivity contribution in [1.82, 2.24) is 9.88 Å². The SMILES string of the molecule is CSc1ccc(CN(C)C(C)C(=O)Nc2ccc(Cl)cn2)cc1. The number of halogens is 1. The third-order valence-electron chi connectivity index (χ3n) is 3.61. The molecule has 0 bridgehead atoms. The standard InChI is InChI=1S/C17H20ClN3OS/c1-12(17(22)20-16-9-6-14(18)10-19-16)21(2)11-13-4-7-15(23-3)8-5-13/h4-10,12H,11H2,1-3H3,(H,19,20,22). The van der Waals surface area contributed by atoms with Crippen molar-refractivity contribution < 1.29 is 4.79 Å². The van der Waals surface area contributed by atoms with Crippen LogP contribution in [0.2, 0.25) is 5.02 Å². The van der Waals surface area contributed by atoms with Crippen LogP contribution in [0.4, 0.5) is 5.82 Å². The van der Waals surface area contributed by atoms with Crippen molar-refractivity contribution in [2.75, 3.05) is 18.6 Å². The molecule has 1 aromatic carbocycles. The normalized spacial score (nSPS) is 12.2. The smallest absolute Gasteiger partial charge is 0.242 e. The van der Waals surface area contributed by atoms with E-state index in [1.165, 1.54) is 16.7 Å². The Morgan fingerprint density at radius 1 is 1.30 bits per heavy atom. The maximum Gasteiger partial charge on any atom is 0.242 e. The van der Waals surface area contributed by atoms with Crippen molar-refractivity contribution in [2.24, 2.45) is 0 Å². The molecule has 6 heteroatoms. The number of nitrogens with zero attached hydrogens (tertiary/aromatic N) is 2. The Morgan fingerprint density at radius 2 is 2.00 bits per heavy atom. The van der Waals surface area contributed by atoms with Gasteiger partial charge in [0.25, 0.3) is 0 Å². The largest absolute Gasteiger partial charge is 0.309 e. The minimum atomic E-state index is -0.271. The van der Waals surface area contributed by atoms with Gasteiger partial charge in [-0.3, -0.25) is 9.69 Å². The van der Waals surface area contributed by atoms with Gasteiger partial charge in [0, 0.05) is 17.6 Å². The summed E-state index contributed by atoms with van der Waals surface area (Å²) in [5.41, 5.74) is 1.18. The van der Waals surface area contributed by atoms with Gasteiger partial charge in [0.05, 0.1) is 11.1 Å². The summed E-state index contributed by atoms with van der Waals surface area (Å²) in [6.45, 7) is 2.58. The molecule has 1 amide bonds. The van der Waals surface area contributed by atoms with Gasteiger partial charge in [-0.2, -0.15) is 0 Å². The van der Waals surface area contributed by atoms with Crippen LogP contribution in [0, 0.1) is 0 Å². The van der Waals surface area contributed by atoms with Gasteiger partial charge >= 0.3 is 0 Å². The van der Waals surface area contributed by atoms with E-state index in [4.69, 9.17) is 11.6 Å². The molecule has 1 aromatic heterocycles. The van der Waals surface area contributed by atoms with E-state index < -0.39 is 0 Å². The molecule has 0 saturated heterocycles. The Kier molecular flexibility index (Phi) is 6.45. The zero-order valence-electron chi connectivity index (χ0n) is 13.4. The van der Waals surface area contributed by atoms with Gasteiger partial charge in [-0.05, 0) is 50.1 Å². The highest BCUT2D eigenvalue weighted by Crippen LogP contribution is 2.16. The Labute approximate surface area is 146 Å². The summed E-state index contributed by atoms with van der Waals surface area (Å²) < 4.78 is 0. The van der Waals surface area contributed by atoms with Crippen molar-refractivity contribution >= 4 is 35.1 Å². The highest BCUT2D eigenvalue weighted by atomic mass is 35.5. The number of carbonyl (C=O) groups excluding carboxylic acids is 1. The lowest BCUT2D eigenvalue weighted by Gasteiger charge is -2.23. The summed E-state index contributed by atoms with van der Waals surface area (Å²) in [6, 6.07) is 11.5. The van der Waals surface area contributed by atoms with E-state index in [1.807, 2.05) is 18.9 Å². The lowest BCUT2D eigenvalue weighted by atomic mass is 10.2.